The Kier molecular flexibility index (Phi) is 4.49. The van der Waals surface area contributed by atoms with E-state index in [2.05, 4.69) is 14.9 Å². The quantitative estimate of drug-likeness (QED) is 0.559. The van der Waals surface area contributed by atoms with E-state index in [1.54, 1.807) is 0 Å². The lowest BCUT2D eigenvalue weighted by molar-refractivity contribution is 0.152. The van der Waals surface area contributed by atoms with Gasteiger partial charge >= 0.3 is 0 Å². The molecule has 0 aliphatic rings. The Morgan fingerprint density at radius 3 is 2.71 bits per heavy atom. The molecule has 0 radical (unpaired) electrons. The molecule has 0 aromatic carbocycles. The molecule has 98 valence electrons. The summed E-state index contributed by atoms with van der Waals surface area (Å²) in [7, 11) is -3.71. The van der Waals surface area contributed by atoms with Crippen LogP contribution in [0.15, 0.2) is 11.1 Å². The summed E-state index contributed by atoms with van der Waals surface area (Å²) < 4.78 is 25.8. The fourth-order valence-electron chi connectivity index (χ4n) is 1.41. The molecule has 5 N–H and O–H groups in total. The molecule has 0 saturated heterocycles. The van der Waals surface area contributed by atoms with Crippen molar-refractivity contribution in [2.24, 2.45) is 5.92 Å². The standard InChI is InChI=1S/C9H18N4O3S/c1-6(2)3-7(14)4-12-17(15,16)8-5-11-13-9(8)10/h5-7,12,14H,3-4H2,1-2H3,(H3,10,11,13). The maximum atomic E-state index is 11.7. The predicted octanol–water partition coefficient (Wildman–Crippen LogP) is -0.323. The summed E-state index contributed by atoms with van der Waals surface area (Å²) in [5, 5.41) is 15.4. The van der Waals surface area contributed by atoms with E-state index >= 15 is 0 Å². The highest BCUT2D eigenvalue weighted by Gasteiger charge is 2.20. The van der Waals surface area contributed by atoms with Crippen LogP contribution in [0.5, 0.6) is 0 Å². The fourth-order valence-corrected chi connectivity index (χ4v) is 2.50. The van der Waals surface area contributed by atoms with Crippen molar-refractivity contribution in [1.82, 2.24) is 14.9 Å². The molecule has 7 nitrogen and oxygen atoms in total. The smallest absolute Gasteiger partial charge is 0.245 e. The molecular formula is C9H18N4O3S. The van der Waals surface area contributed by atoms with Crippen LogP contribution in [0.4, 0.5) is 5.82 Å². The number of nitrogens with zero attached hydrogens (tertiary/aromatic N) is 1. The number of nitrogens with one attached hydrogen (secondary N) is 2. The van der Waals surface area contributed by atoms with Gasteiger partial charge < -0.3 is 10.8 Å². The van der Waals surface area contributed by atoms with Crippen molar-refractivity contribution in [2.45, 2.75) is 31.3 Å². The summed E-state index contributed by atoms with van der Waals surface area (Å²) in [4.78, 5) is -0.103. The van der Waals surface area contributed by atoms with E-state index in [9.17, 15) is 13.5 Å². The first-order valence-electron chi connectivity index (χ1n) is 5.29. The third-order valence-corrected chi connectivity index (χ3v) is 3.63. The molecule has 1 unspecified atom stereocenters. The monoisotopic (exact) mass is 262 g/mol. The maximum absolute atomic E-state index is 11.7. The zero-order valence-corrected chi connectivity index (χ0v) is 10.7. The number of aromatic nitrogens is 2. The van der Waals surface area contributed by atoms with Gasteiger partial charge in [0.25, 0.3) is 0 Å². The van der Waals surface area contributed by atoms with Crippen molar-refractivity contribution in [2.75, 3.05) is 12.3 Å². The highest BCUT2D eigenvalue weighted by molar-refractivity contribution is 7.89. The van der Waals surface area contributed by atoms with Gasteiger partial charge in [-0.3, -0.25) is 5.10 Å². The zero-order chi connectivity index (χ0) is 13.1. The van der Waals surface area contributed by atoms with Gasteiger partial charge in [0.05, 0.1) is 12.3 Å². The van der Waals surface area contributed by atoms with Gasteiger partial charge in [0.1, 0.15) is 10.7 Å². The molecule has 1 rings (SSSR count). The van der Waals surface area contributed by atoms with Gasteiger partial charge in [-0.05, 0) is 12.3 Å². The fraction of sp³-hybridized carbons (Fsp3) is 0.667. The van der Waals surface area contributed by atoms with Gasteiger partial charge in [-0.15, -0.1) is 0 Å². The minimum absolute atomic E-state index is 0.0177. The number of aliphatic hydroxyl groups is 1. The highest BCUT2D eigenvalue weighted by atomic mass is 32.2. The molecule has 0 amide bonds. The van der Waals surface area contributed by atoms with E-state index in [-0.39, 0.29) is 17.3 Å². The number of aliphatic hydroxyl groups excluding tert-OH is 1. The number of sulfonamides is 1. The number of aromatic amines is 1. The Morgan fingerprint density at radius 1 is 1.59 bits per heavy atom. The first-order valence-corrected chi connectivity index (χ1v) is 6.78. The van der Waals surface area contributed by atoms with Crippen LogP contribution in [0.2, 0.25) is 0 Å². The van der Waals surface area contributed by atoms with Crippen LogP contribution in [-0.2, 0) is 10.0 Å². The largest absolute Gasteiger partial charge is 0.392 e. The van der Waals surface area contributed by atoms with Crippen molar-refractivity contribution < 1.29 is 13.5 Å². The van der Waals surface area contributed by atoms with Gasteiger partial charge in [-0.1, -0.05) is 13.8 Å². The lowest BCUT2D eigenvalue weighted by atomic mass is 10.1. The summed E-state index contributed by atoms with van der Waals surface area (Å²) >= 11 is 0. The average Bonchev–Trinajstić information content (AvgIpc) is 2.61. The normalized spacial score (nSPS) is 14.1. The topological polar surface area (TPSA) is 121 Å². The van der Waals surface area contributed by atoms with E-state index in [0.29, 0.717) is 12.3 Å². The van der Waals surface area contributed by atoms with Gasteiger partial charge in [-0.25, -0.2) is 13.1 Å². The van der Waals surface area contributed by atoms with Crippen LogP contribution in [0, 0.1) is 5.92 Å². The van der Waals surface area contributed by atoms with E-state index in [1.165, 1.54) is 0 Å². The number of anilines is 1. The van der Waals surface area contributed by atoms with Gasteiger partial charge in [-0.2, -0.15) is 5.10 Å². The minimum Gasteiger partial charge on any atom is -0.392 e. The first-order chi connectivity index (χ1) is 7.83. The number of hydrogen-bond acceptors (Lipinski definition) is 5. The molecule has 0 bridgehead atoms. The van der Waals surface area contributed by atoms with Crippen LogP contribution in [-0.4, -0.2) is 36.4 Å². The molecule has 0 aliphatic carbocycles. The minimum atomic E-state index is -3.71. The van der Waals surface area contributed by atoms with E-state index < -0.39 is 16.1 Å². The Morgan fingerprint density at radius 2 is 2.24 bits per heavy atom. The third kappa shape index (κ3) is 3.99. The molecule has 17 heavy (non-hydrogen) atoms. The maximum Gasteiger partial charge on any atom is 0.245 e. The second-order valence-corrected chi connectivity index (χ2v) is 6.02. The van der Waals surface area contributed by atoms with Crippen LogP contribution >= 0.6 is 0 Å². The Hall–Kier alpha value is -1.12. The molecule has 1 aromatic heterocycles. The molecule has 8 heteroatoms. The number of hydrogen-bond donors (Lipinski definition) is 4. The molecule has 1 heterocycles. The summed E-state index contributed by atoms with van der Waals surface area (Å²) in [5.41, 5.74) is 5.41. The summed E-state index contributed by atoms with van der Waals surface area (Å²) in [6.07, 6.45) is 0.952. The van der Waals surface area contributed by atoms with Crippen LogP contribution < -0.4 is 10.5 Å². The molecule has 1 aromatic rings. The summed E-state index contributed by atoms with van der Waals surface area (Å²) in [5.74, 6) is 0.282. The molecule has 1 atom stereocenters. The molecule has 0 spiro atoms. The number of rotatable bonds is 6. The Bertz CT molecular complexity index is 455. The van der Waals surface area contributed by atoms with Gasteiger partial charge in [0, 0.05) is 6.54 Å². The van der Waals surface area contributed by atoms with Crippen LogP contribution in [0.25, 0.3) is 0 Å². The first kappa shape index (κ1) is 13.9. The zero-order valence-electron chi connectivity index (χ0n) is 9.84. The predicted molar refractivity (Wildman–Crippen MR) is 63.7 cm³/mol. The van der Waals surface area contributed by atoms with E-state index in [4.69, 9.17) is 5.73 Å². The van der Waals surface area contributed by atoms with Crippen molar-refractivity contribution in [3.63, 3.8) is 0 Å². The van der Waals surface area contributed by atoms with Crippen molar-refractivity contribution in [3.8, 4) is 0 Å². The average molecular weight is 262 g/mol. The molecule has 0 saturated carbocycles. The number of H-pyrrole nitrogens is 1. The number of nitrogens with two attached hydrogens (primary N) is 1. The van der Waals surface area contributed by atoms with Crippen molar-refractivity contribution >= 4 is 15.8 Å². The number of nitrogen functional groups attached to an aromatic ring is 1. The summed E-state index contributed by atoms with van der Waals surface area (Å²) in [6.45, 7) is 3.86. The lowest BCUT2D eigenvalue weighted by Crippen LogP contribution is -2.33. The van der Waals surface area contributed by atoms with Crippen molar-refractivity contribution in [1.29, 1.82) is 0 Å². The summed E-state index contributed by atoms with van der Waals surface area (Å²) in [6, 6.07) is 0. The molecule has 0 aliphatic heterocycles. The second-order valence-electron chi connectivity index (χ2n) is 4.28. The Balaban J connectivity index is 2.60. The third-order valence-electron chi connectivity index (χ3n) is 2.17. The SMILES string of the molecule is CC(C)CC(O)CNS(=O)(=O)c1cn[nH]c1N. The molecular weight excluding hydrogens is 244 g/mol. The van der Waals surface area contributed by atoms with Crippen LogP contribution in [0.3, 0.4) is 0 Å². The van der Waals surface area contributed by atoms with Crippen LogP contribution in [0.1, 0.15) is 20.3 Å². The van der Waals surface area contributed by atoms with Crippen molar-refractivity contribution in [3.05, 3.63) is 6.20 Å². The van der Waals surface area contributed by atoms with E-state index in [1.807, 2.05) is 13.8 Å². The Labute approximate surface area is 100 Å². The second kappa shape index (κ2) is 5.48. The van der Waals surface area contributed by atoms with E-state index in [0.717, 1.165) is 6.20 Å². The highest BCUT2D eigenvalue weighted by Crippen LogP contribution is 2.13. The molecule has 0 fully saturated rings. The lowest BCUT2D eigenvalue weighted by Gasteiger charge is -2.13. The van der Waals surface area contributed by atoms with Gasteiger partial charge in [0.15, 0.2) is 0 Å². The van der Waals surface area contributed by atoms with Gasteiger partial charge in [0.2, 0.25) is 10.0 Å².